The first-order valence-corrected chi connectivity index (χ1v) is 34.6. The molecule has 22 rings (SSSR count). The number of rotatable bonds is 7. The topological polar surface area (TPSA) is 28.8 Å². The maximum Gasteiger partial charge on any atom is 0.256 e. The molecule has 100 heavy (non-hydrogen) atoms. The van der Waals surface area contributed by atoms with Crippen LogP contribution in [0.3, 0.4) is 0 Å². The number of hydrogen-bond donors (Lipinski definition) is 0. The molecule has 0 saturated carbocycles. The van der Waals surface area contributed by atoms with E-state index >= 15 is 0 Å². The number of ether oxygens (including phenoxy) is 1. The number of fused-ring (bicyclic) bond motifs is 18. The van der Waals surface area contributed by atoms with Crippen LogP contribution in [0.15, 0.2) is 346 Å². The lowest BCUT2D eigenvalue weighted by atomic mass is 9.30. The molecular formula is C92H57B2N5O. The van der Waals surface area contributed by atoms with Crippen molar-refractivity contribution in [3.8, 4) is 45.1 Å². The Kier molecular flexibility index (Phi) is 11.7. The van der Waals surface area contributed by atoms with Gasteiger partial charge in [0.15, 0.2) is 0 Å². The molecule has 4 aliphatic rings. The smallest absolute Gasteiger partial charge is 0.256 e. The summed E-state index contributed by atoms with van der Waals surface area (Å²) in [5.74, 6) is 1.68. The van der Waals surface area contributed by atoms with Gasteiger partial charge in [0.05, 0.1) is 33.4 Å². The molecule has 0 radical (unpaired) electrons. The highest BCUT2D eigenvalue weighted by molar-refractivity contribution is 7.03. The Labute approximate surface area is 578 Å². The van der Waals surface area contributed by atoms with E-state index < -0.39 is 0 Å². The Morgan fingerprint density at radius 3 is 1.14 bits per heavy atom. The third kappa shape index (κ3) is 7.70. The van der Waals surface area contributed by atoms with Crippen LogP contribution in [0.2, 0.25) is 0 Å². The van der Waals surface area contributed by atoms with E-state index in [1.165, 1.54) is 87.3 Å². The lowest BCUT2D eigenvalue weighted by Gasteiger charge is -2.45. The fourth-order valence-electron chi connectivity index (χ4n) is 18.0. The minimum absolute atomic E-state index is 0.186. The third-order valence-electron chi connectivity index (χ3n) is 21.8. The molecule has 0 unspecified atom stereocenters. The van der Waals surface area contributed by atoms with Gasteiger partial charge in [-0.15, -0.1) is 0 Å². The summed E-state index contributed by atoms with van der Waals surface area (Å²) in [6.07, 6.45) is 0. The summed E-state index contributed by atoms with van der Waals surface area (Å²) in [6.45, 7) is -0.415. The third-order valence-corrected chi connectivity index (χ3v) is 21.8. The Bertz CT molecular complexity index is 6400. The lowest BCUT2D eigenvalue weighted by molar-refractivity contribution is 0.488. The number of nitrogens with zero attached hydrogens (tertiary/aromatic N) is 5. The standard InChI is InChI=1S/C92H57B2N5O/c1-6-28-58(29-7-1)85-65-38-16-18-40-67(65)86(68-41-19-17-39-66(68)85)59-50-52-64(53-51-59)99-78-49-27-23-45-72(78)94-74-54-73-79(56-83(74)100-84-57-81-88(92(99)90(84)94)70-43-21-25-47-76(70)96(81)61-32-10-3-11-33-61)97(62-34-12-4-13-35-62)82-55-80-87(69-42-20-24-46-75(69)95(80)60-30-8-2-9-31-60)91-89(82)93(73)71-44-22-26-48-77(71)98(91)63-36-14-5-15-37-63/h1-57H. The molecule has 0 saturated heterocycles. The number of hydrogen-bond acceptors (Lipinski definition) is 4. The van der Waals surface area contributed by atoms with Gasteiger partial charge in [0.25, 0.3) is 13.4 Å². The highest BCUT2D eigenvalue weighted by Gasteiger charge is 2.49. The van der Waals surface area contributed by atoms with Gasteiger partial charge >= 0.3 is 0 Å². The van der Waals surface area contributed by atoms with Gasteiger partial charge in [-0.1, -0.05) is 243 Å². The van der Waals surface area contributed by atoms with Crippen molar-refractivity contribution >= 4 is 163 Å². The molecule has 0 atom stereocenters. The average molecular weight is 1270 g/mol. The number of benzene rings is 16. The zero-order valence-corrected chi connectivity index (χ0v) is 54.2. The van der Waals surface area contributed by atoms with Crippen molar-refractivity contribution in [2.24, 2.45) is 0 Å². The average Bonchev–Trinajstić information content (AvgIpc) is 1.20. The zero-order chi connectivity index (χ0) is 65.3. The number of aromatic nitrogens is 2. The first-order valence-electron chi connectivity index (χ1n) is 34.6. The van der Waals surface area contributed by atoms with E-state index in [-0.39, 0.29) is 13.4 Å². The monoisotopic (exact) mass is 1270 g/mol. The highest BCUT2D eigenvalue weighted by atomic mass is 16.5. The molecule has 0 N–H and O–H groups in total. The van der Waals surface area contributed by atoms with Gasteiger partial charge in [-0.05, 0) is 168 Å². The predicted molar refractivity (Wildman–Crippen MR) is 421 cm³/mol. The van der Waals surface area contributed by atoms with Gasteiger partial charge < -0.3 is 28.6 Å². The molecular weight excluding hydrogens is 1210 g/mol. The molecule has 462 valence electrons. The van der Waals surface area contributed by atoms with Gasteiger partial charge in [0.2, 0.25) is 0 Å². The minimum atomic E-state index is -0.230. The van der Waals surface area contributed by atoms with Crippen LogP contribution in [0.5, 0.6) is 11.5 Å². The van der Waals surface area contributed by atoms with Crippen LogP contribution < -0.4 is 52.2 Å². The molecule has 0 aliphatic carbocycles. The molecule has 16 aromatic carbocycles. The fraction of sp³-hybridized carbons (Fsp3) is 0. The molecule has 0 spiro atoms. The van der Waals surface area contributed by atoms with Crippen LogP contribution >= 0.6 is 0 Å². The molecule has 6 nitrogen and oxygen atoms in total. The van der Waals surface area contributed by atoms with E-state index in [0.717, 1.165) is 107 Å². The second kappa shape index (κ2) is 21.2. The van der Waals surface area contributed by atoms with Gasteiger partial charge in [-0.2, -0.15) is 0 Å². The fourth-order valence-corrected chi connectivity index (χ4v) is 18.0. The maximum atomic E-state index is 7.92. The molecule has 0 bridgehead atoms. The van der Waals surface area contributed by atoms with Gasteiger partial charge in [0, 0.05) is 84.9 Å². The van der Waals surface area contributed by atoms with E-state index in [0.29, 0.717) is 0 Å². The summed E-state index contributed by atoms with van der Waals surface area (Å²) in [5, 5.41) is 9.70. The van der Waals surface area contributed by atoms with Crippen molar-refractivity contribution in [3.63, 3.8) is 0 Å². The van der Waals surface area contributed by atoms with Crippen LogP contribution in [-0.2, 0) is 0 Å². The zero-order valence-electron chi connectivity index (χ0n) is 54.2. The first-order chi connectivity index (χ1) is 49.7. The summed E-state index contributed by atoms with van der Waals surface area (Å²) >= 11 is 0. The van der Waals surface area contributed by atoms with Crippen LogP contribution in [0, 0.1) is 0 Å². The van der Waals surface area contributed by atoms with Gasteiger partial charge in [-0.3, -0.25) is 0 Å². The Morgan fingerprint density at radius 1 is 0.230 bits per heavy atom. The SMILES string of the molecule is c1ccc(-c2c3ccccc3c(-c3ccc(N4c5ccccc5B5c6cc7c(cc6Oc6cc8c(c4c65)c4ccccc4n8-c4ccccc4)N(c4ccccc4)c4cc5c(c6c4B7c4ccccc4N6c4ccccc4)c4ccccc4n5-c4ccccc4)cc3)c3ccccc23)cc1. The van der Waals surface area contributed by atoms with Crippen molar-refractivity contribution in [3.05, 3.63) is 346 Å². The lowest BCUT2D eigenvalue weighted by Crippen LogP contribution is -2.64. The van der Waals surface area contributed by atoms with Crippen molar-refractivity contribution in [1.82, 2.24) is 9.13 Å². The molecule has 18 aromatic rings. The highest BCUT2D eigenvalue weighted by Crippen LogP contribution is 2.54. The molecule has 8 heteroatoms. The second-order valence-corrected chi connectivity index (χ2v) is 26.9. The van der Waals surface area contributed by atoms with Crippen LogP contribution in [-0.4, -0.2) is 22.6 Å². The second-order valence-electron chi connectivity index (χ2n) is 26.9. The number of para-hydroxylation sites is 8. The summed E-state index contributed by atoms with van der Waals surface area (Å²) in [4.78, 5) is 7.67. The largest absolute Gasteiger partial charge is 0.458 e. The van der Waals surface area contributed by atoms with Crippen LogP contribution in [0.4, 0.5) is 51.2 Å². The molecule has 0 fully saturated rings. The van der Waals surface area contributed by atoms with E-state index in [9.17, 15) is 0 Å². The summed E-state index contributed by atoms with van der Waals surface area (Å²) in [7, 11) is 0. The van der Waals surface area contributed by atoms with Crippen LogP contribution in [0.25, 0.3) is 98.8 Å². The van der Waals surface area contributed by atoms with E-state index in [4.69, 9.17) is 4.74 Å². The van der Waals surface area contributed by atoms with Crippen molar-refractivity contribution in [1.29, 1.82) is 0 Å². The Hall–Kier alpha value is -13.0. The normalized spacial score (nSPS) is 13.2. The maximum absolute atomic E-state index is 7.92. The molecule has 0 amide bonds. The first kappa shape index (κ1) is 55.1. The van der Waals surface area contributed by atoms with E-state index in [2.05, 4.69) is 370 Å². The molecule has 2 aromatic heterocycles. The summed E-state index contributed by atoms with van der Waals surface area (Å²) < 4.78 is 12.8. The van der Waals surface area contributed by atoms with Crippen molar-refractivity contribution in [2.75, 3.05) is 14.7 Å². The Morgan fingerprint density at radius 2 is 0.620 bits per heavy atom. The summed E-state index contributed by atoms with van der Waals surface area (Å²) in [6, 6.07) is 128. The van der Waals surface area contributed by atoms with Crippen LogP contribution in [0.1, 0.15) is 0 Å². The van der Waals surface area contributed by atoms with E-state index in [1.54, 1.807) is 0 Å². The Balaban J connectivity index is 0.815. The van der Waals surface area contributed by atoms with E-state index in [1.807, 2.05) is 0 Å². The van der Waals surface area contributed by atoms with Gasteiger partial charge in [-0.25, -0.2) is 0 Å². The number of anilines is 9. The summed E-state index contributed by atoms with van der Waals surface area (Å²) in [5.41, 5.74) is 28.9. The molecule has 4 aliphatic heterocycles. The van der Waals surface area contributed by atoms with Crippen molar-refractivity contribution < 1.29 is 4.74 Å². The minimum Gasteiger partial charge on any atom is -0.458 e. The van der Waals surface area contributed by atoms with Crippen molar-refractivity contribution in [2.45, 2.75) is 0 Å². The quantitative estimate of drug-likeness (QED) is 0.117. The predicted octanol–water partition coefficient (Wildman–Crippen LogP) is 20.0. The van der Waals surface area contributed by atoms with Gasteiger partial charge in [0.1, 0.15) is 11.5 Å². The molecule has 6 heterocycles.